The number of H-pyrrole nitrogens is 1. The van der Waals surface area contributed by atoms with Crippen LogP contribution in [-0.2, 0) is 6.61 Å². The van der Waals surface area contributed by atoms with Crippen LogP contribution >= 0.6 is 0 Å². The maximum absolute atomic E-state index is 11.1. The maximum atomic E-state index is 11.1. The summed E-state index contributed by atoms with van der Waals surface area (Å²) in [4.78, 5) is 11.1. The predicted octanol–water partition coefficient (Wildman–Crippen LogP) is 0.668. The number of nitrogens with two attached hydrogens (primary N) is 1. The second-order valence-electron chi connectivity index (χ2n) is 3.38. The molecular formula is C11H11N3O2. The van der Waals surface area contributed by atoms with E-state index in [0.29, 0.717) is 5.56 Å². The summed E-state index contributed by atoms with van der Waals surface area (Å²) < 4.78 is 0. The van der Waals surface area contributed by atoms with Gasteiger partial charge in [-0.05, 0) is 17.2 Å². The number of primary amides is 1. The number of nitrogens with one attached hydrogen (secondary N) is 1. The number of nitrogens with zero attached hydrogens (tertiary/aromatic N) is 1. The van der Waals surface area contributed by atoms with Crippen LogP contribution in [0.5, 0.6) is 0 Å². The Morgan fingerprint density at radius 3 is 3.00 bits per heavy atom. The zero-order valence-corrected chi connectivity index (χ0v) is 8.47. The Hall–Kier alpha value is -2.14. The third-order valence-electron chi connectivity index (χ3n) is 2.31. The minimum absolute atomic E-state index is 0.0441. The third kappa shape index (κ3) is 1.80. The van der Waals surface area contributed by atoms with Crippen LogP contribution in [0.4, 0.5) is 0 Å². The Bertz CT molecular complexity index is 519. The van der Waals surface area contributed by atoms with Crippen molar-refractivity contribution in [3.8, 4) is 11.1 Å². The normalized spacial score (nSPS) is 10.3. The van der Waals surface area contributed by atoms with Crippen LogP contribution in [0.3, 0.4) is 0 Å². The van der Waals surface area contributed by atoms with Gasteiger partial charge in [0, 0.05) is 5.56 Å². The average Bonchev–Trinajstić information content (AvgIpc) is 2.78. The number of carbonyl (C=O) groups is 1. The van der Waals surface area contributed by atoms with Gasteiger partial charge in [0.15, 0.2) is 0 Å². The fourth-order valence-electron chi connectivity index (χ4n) is 1.53. The number of carbonyl (C=O) groups excluding carboxylic acids is 1. The number of hydrogen-bond donors (Lipinski definition) is 3. The van der Waals surface area contributed by atoms with Crippen molar-refractivity contribution in [2.24, 2.45) is 5.73 Å². The smallest absolute Gasteiger partial charge is 0.267 e. The van der Waals surface area contributed by atoms with E-state index >= 15 is 0 Å². The zero-order chi connectivity index (χ0) is 11.5. The Kier molecular flexibility index (Phi) is 2.70. The molecule has 1 amide bonds. The van der Waals surface area contributed by atoms with Crippen LogP contribution < -0.4 is 5.73 Å². The lowest BCUT2D eigenvalue weighted by Gasteiger charge is -2.02. The highest BCUT2D eigenvalue weighted by Crippen LogP contribution is 2.22. The van der Waals surface area contributed by atoms with E-state index in [-0.39, 0.29) is 12.3 Å². The van der Waals surface area contributed by atoms with Gasteiger partial charge in [0.25, 0.3) is 5.91 Å². The lowest BCUT2D eigenvalue weighted by molar-refractivity contribution is 0.0996. The van der Waals surface area contributed by atoms with Gasteiger partial charge in [-0.15, -0.1) is 0 Å². The van der Waals surface area contributed by atoms with E-state index in [0.717, 1.165) is 11.1 Å². The van der Waals surface area contributed by atoms with Crippen molar-refractivity contribution in [1.29, 1.82) is 0 Å². The first-order chi connectivity index (χ1) is 7.72. The summed E-state index contributed by atoms with van der Waals surface area (Å²) in [6, 6.07) is 7.22. The molecule has 0 aliphatic heterocycles. The maximum Gasteiger partial charge on any atom is 0.267 e. The molecule has 4 N–H and O–H groups in total. The first-order valence-electron chi connectivity index (χ1n) is 4.75. The summed E-state index contributed by atoms with van der Waals surface area (Å²) in [6.07, 6.45) is 1.54. The molecule has 0 bridgehead atoms. The summed E-state index contributed by atoms with van der Waals surface area (Å²) in [5.41, 5.74) is 7.69. The molecule has 5 nitrogen and oxygen atoms in total. The molecule has 0 unspecified atom stereocenters. The number of aromatic amines is 1. The molecule has 5 heteroatoms. The molecule has 2 aromatic rings. The summed E-state index contributed by atoms with van der Waals surface area (Å²) in [5, 5.41) is 15.4. The molecule has 0 aliphatic carbocycles. The van der Waals surface area contributed by atoms with Crippen LogP contribution in [0.15, 0.2) is 30.5 Å². The van der Waals surface area contributed by atoms with Crippen molar-refractivity contribution in [3.05, 3.63) is 41.7 Å². The first-order valence-corrected chi connectivity index (χ1v) is 4.75. The van der Waals surface area contributed by atoms with Crippen molar-refractivity contribution >= 4 is 5.91 Å². The molecule has 0 atom stereocenters. The number of aliphatic hydroxyl groups is 1. The third-order valence-corrected chi connectivity index (χ3v) is 2.31. The number of benzene rings is 1. The Balaban J connectivity index is 2.50. The highest BCUT2D eigenvalue weighted by atomic mass is 16.3. The van der Waals surface area contributed by atoms with Crippen LogP contribution in [0.25, 0.3) is 11.1 Å². The second kappa shape index (κ2) is 4.16. The molecule has 0 spiro atoms. The van der Waals surface area contributed by atoms with Crippen molar-refractivity contribution < 1.29 is 9.90 Å². The number of aromatic nitrogens is 2. The SMILES string of the molecule is NC(=O)c1[nH]ncc1-c1cccc(CO)c1. The quantitative estimate of drug-likeness (QED) is 0.705. The summed E-state index contributed by atoms with van der Waals surface area (Å²) in [7, 11) is 0. The fourth-order valence-corrected chi connectivity index (χ4v) is 1.53. The molecule has 1 aromatic carbocycles. The van der Waals surface area contributed by atoms with E-state index in [1.54, 1.807) is 18.2 Å². The molecule has 2 rings (SSSR count). The largest absolute Gasteiger partial charge is 0.392 e. The van der Waals surface area contributed by atoms with E-state index in [1.165, 1.54) is 6.20 Å². The van der Waals surface area contributed by atoms with Gasteiger partial charge in [-0.25, -0.2) is 0 Å². The first kappa shape index (κ1) is 10.4. The van der Waals surface area contributed by atoms with Gasteiger partial charge in [0.2, 0.25) is 0 Å². The van der Waals surface area contributed by atoms with Gasteiger partial charge in [0.1, 0.15) is 5.69 Å². The summed E-state index contributed by atoms with van der Waals surface area (Å²) in [6.45, 7) is -0.0441. The van der Waals surface area contributed by atoms with Crippen molar-refractivity contribution in [3.63, 3.8) is 0 Å². The molecule has 1 heterocycles. The molecule has 0 fully saturated rings. The average molecular weight is 217 g/mol. The Morgan fingerprint density at radius 1 is 1.50 bits per heavy atom. The van der Waals surface area contributed by atoms with E-state index in [2.05, 4.69) is 10.2 Å². The van der Waals surface area contributed by atoms with Gasteiger partial charge >= 0.3 is 0 Å². The molecule has 0 saturated heterocycles. The van der Waals surface area contributed by atoms with Gasteiger partial charge in [-0.1, -0.05) is 18.2 Å². The summed E-state index contributed by atoms with van der Waals surface area (Å²) >= 11 is 0. The molecule has 1 aromatic heterocycles. The lowest BCUT2D eigenvalue weighted by atomic mass is 10.0. The van der Waals surface area contributed by atoms with Gasteiger partial charge in [-0.3, -0.25) is 9.89 Å². The second-order valence-corrected chi connectivity index (χ2v) is 3.38. The summed E-state index contributed by atoms with van der Waals surface area (Å²) in [5.74, 6) is -0.554. The van der Waals surface area contributed by atoms with Crippen LogP contribution in [0.1, 0.15) is 16.1 Å². The van der Waals surface area contributed by atoms with E-state index in [1.807, 2.05) is 6.07 Å². The number of rotatable bonds is 3. The Morgan fingerprint density at radius 2 is 2.31 bits per heavy atom. The van der Waals surface area contributed by atoms with Crippen molar-refractivity contribution in [1.82, 2.24) is 10.2 Å². The lowest BCUT2D eigenvalue weighted by Crippen LogP contribution is -2.12. The van der Waals surface area contributed by atoms with E-state index < -0.39 is 5.91 Å². The standard InChI is InChI=1S/C11H11N3O2/c12-11(16)10-9(5-13-14-10)8-3-1-2-7(4-8)6-15/h1-5,15H,6H2,(H2,12,16)(H,13,14). The molecule has 82 valence electrons. The molecule has 0 saturated carbocycles. The molecule has 16 heavy (non-hydrogen) atoms. The number of amides is 1. The minimum atomic E-state index is -0.554. The van der Waals surface area contributed by atoms with Gasteiger partial charge in [0.05, 0.1) is 12.8 Å². The Labute approximate surface area is 91.9 Å². The van der Waals surface area contributed by atoms with E-state index in [9.17, 15) is 4.79 Å². The minimum Gasteiger partial charge on any atom is -0.392 e. The molecular weight excluding hydrogens is 206 g/mol. The highest BCUT2D eigenvalue weighted by Gasteiger charge is 2.12. The number of aliphatic hydroxyl groups excluding tert-OH is 1. The topological polar surface area (TPSA) is 92.0 Å². The number of hydrogen-bond acceptors (Lipinski definition) is 3. The molecule has 0 aliphatic rings. The monoisotopic (exact) mass is 217 g/mol. The van der Waals surface area contributed by atoms with Crippen molar-refractivity contribution in [2.75, 3.05) is 0 Å². The van der Waals surface area contributed by atoms with Gasteiger partial charge in [-0.2, -0.15) is 5.10 Å². The van der Waals surface area contributed by atoms with Crippen molar-refractivity contribution in [2.45, 2.75) is 6.61 Å². The fraction of sp³-hybridized carbons (Fsp3) is 0.0909. The predicted molar refractivity (Wildman–Crippen MR) is 58.5 cm³/mol. The van der Waals surface area contributed by atoms with Crippen LogP contribution in [0, 0.1) is 0 Å². The zero-order valence-electron chi connectivity index (χ0n) is 8.47. The van der Waals surface area contributed by atoms with Crippen LogP contribution in [0.2, 0.25) is 0 Å². The van der Waals surface area contributed by atoms with E-state index in [4.69, 9.17) is 10.8 Å². The van der Waals surface area contributed by atoms with Gasteiger partial charge < -0.3 is 10.8 Å². The van der Waals surface area contributed by atoms with Crippen LogP contribution in [-0.4, -0.2) is 21.2 Å². The molecule has 0 radical (unpaired) electrons. The highest BCUT2D eigenvalue weighted by molar-refractivity contribution is 5.97.